The van der Waals surface area contributed by atoms with E-state index >= 15 is 0 Å². The van der Waals surface area contributed by atoms with Crippen LogP contribution in [0.5, 0.6) is 23.0 Å². The van der Waals surface area contributed by atoms with Gasteiger partial charge in [0.15, 0.2) is 0 Å². The van der Waals surface area contributed by atoms with Gasteiger partial charge in [0.05, 0.1) is 106 Å². The molecular formula is C85H115N13O17. The fourth-order valence-electron chi connectivity index (χ4n) is 14.9. The number of ether oxygens (including phenoxy) is 11. The molecule has 1 saturated carbocycles. The second-order valence-corrected chi connectivity index (χ2v) is 30.3. The molecule has 1 aliphatic carbocycles. The largest absolute Gasteiger partial charge is 0.491 e. The normalized spacial score (nSPS) is 16.7. The van der Waals surface area contributed by atoms with Gasteiger partial charge in [-0.1, -0.05) is 64.8 Å². The number of H-pyrrole nitrogens is 4. The fourth-order valence-corrected chi connectivity index (χ4v) is 14.9. The fraction of sp³-hybridized carbons (Fsp3) is 0.518. The number of carbonyl (C=O) groups excluding carboxylic acids is 5. The van der Waals surface area contributed by atoms with Crippen molar-refractivity contribution >= 4 is 30.1 Å². The van der Waals surface area contributed by atoms with Crippen LogP contribution < -0.4 is 29.6 Å². The minimum absolute atomic E-state index is 0.148. The van der Waals surface area contributed by atoms with E-state index in [9.17, 15) is 24.0 Å². The maximum Gasteiger partial charge on any atom is 0.410 e. The average molecular weight is 1590 g/mol. The van der Waals surface area contributed by atoms with Crippen LogP contribution in [0.2, 0.25) is 0 Å². The van der Waals surface area contributed by atoms with Crippen molar-refractivity contribution in [3.05, 3.63) is 121 Å². The van der Waals surface area contributed by atoms with Crippen molar-refractivity contribution in [2.45, 2.75) is 154 Å². The molecule has 7 heterocycles. The van der Waals surface area contributed by atoms with Gasteiger partial charge < -0.3 is 97.6 Å². The van der Waals surface area contributed by atoms with Gasteiger partial charge >= 0.3 is 18.3 Å². The Labute approximate surface area is 673 Å². The smallest absolute Gasteiger partial charge is 0.410 e. The van der Waals surface area contributed by atoms with Crippen LogP contribution in [0.15, 0.2) is 97.6 Å². The number of amides is 5. The lowest BCUT2D eigenvalue weighted by atomic mass is 9.98. The van der Waals surface area contributed by atoms with Crippen LogP contribution in [0.3, 0.4) is 0 Å². The van der Waals surface area contributed by atoms with Crippen molar-refractivity contribution in [3.8, 4) is 90.3 Å². The molecule has 5 amide bonds. The van der Waals surface area contributed by atoms with Crippen LogP contribution in [0.4, 0.5) is 14.4 Å². The Balaban J connectivity index is 0.000000246. The summed E-state index contributed by atoms with van der Waals surface area (Å²) >= 11 is 0. The molecule has 0 bridgehead atoms. The number of hydrogen-bond donors (Lipinski definition) is 7. The number of aromatic nitrogens is 8. The number of carbonyl (C=O) groups is 5. The average Bonchev–Trinajstić information content (AvgIpc) is 1.49. The molecule has 622 valence electrons. The summed E-state index contributed by atoms with van der Waals surface area (Å²) in [5.74, 6) is 5.56. The minimum atomic E-state index is -0.738. The summed E-state index contributed by atoms with van der Waals surface area (Å²) in [7, 11) is 10.1. The highest BCUT2D eigenvalue weighted by Gasteiger charge is 2.41. The van der Waals surface area contributed by atoms with E-state index in [1.807, 2.05) is 115 Å². The number of imidazole rings is 4. The zero-order valence-corrected chi connectivity index (χ0v) is 68.8. The molecule has 4 aromatic carbocycles. The Bertz CT molecular complexity index is 4330. The van der Waals surface area contributed by atoms with Gasteiger partial charge in [-0.2, -0.15) is 0 Å². The van der Waals surface area contributed by atoms with Crippen molar-refractivity contribution in [3.63, 3.8) is 0 Å². The number of aromatic amines is 4. The highest BCUT2D eigenvalue weighted by atomic mass is 16.6. The number of nitrogens with zero attached hydrogens (tertiary/aromatic N) is 7. The van der Waals surface area contributed by atoms with Gasteiger partial charge in [0.25, 0.3) is 0 Å². The molecule has 5 atom stereocenters. The molecule has 4 aliphatic rings. The summed E-state index contributed by atoms with van der Waals surface area (Å²) in [6, 6.07) is 21.9. The number of aliphatic hydroxyl groups is 1. The van der Waals surface area contributed by atoms with Crippen molar-refractivity contribution in [1.82, 2.24) is 65.2 Å². The van der Waals surface area contributed by atoms with Gasteiger partial charge in [-0.3, -0.25) is 14.5 Å². The van der Waals surface area contributed by atoms with Crippen LogP contribution in [-0.2, 0) is 42.7 Å². The molecule has 3 saturated heterocycles. The first-order valence-electron chi connectivity index (χ1n) is 39.6. The summed E-state index contributed by atoms with van der Waals surface area (Å²) < 4.78 is 61.9. The molecular weight excluding hydrogens is 1480 g/mol. The van der Waals surface area contributed by atoms with Crippen molar-refractivity contribution in [2.75, 3.05) is 122 Å². The van der Waals surface area contributed by atoms with E-state index in [0.29, 0.717) is 107 Å². The Morgan fingerprint density at radius 3 is 1.02 bits per heavy atom. The third-order valence-electron chi connectivity index (χ3n) is 20.7. The number of nitrogens with one attached hydrogen (secondary N) is 6. The van der Waals surface area contributed by atoms with E-state index < -0.39 is 29.9 Å². The third kappa shape index (κ3) is 22.1. The van der Waals surface area contributed by atoms with E-state index in [4.69, 9.17) is 77.1 Å². The molecule has 30 heteroatoms. The highest BCUT2D eigenvalue weighted by Crippen LogP contribution is 2.45. The number of rotatable bonds is 32. The van der Waals surface area contributed by atoms with Crippen molar-refractivity contribution in [2.24, 2.45) is 11.8 Å². The lowest BCUT2D eigenvalue weighted by Gasteiger charge is -2.30. The predicted molar refractivity (Wildman–Crippen MR) is 434 cm³/mol. The summed E-state index contributed by atoms with van der Waals surface area (Å²) in [6.45, 7) is 17.9. The number of hydrogen-bond acceptors (Lipinski definition) is 21. The summed E-state index contributed by atoms with van der Waals surface area (Å²) in [5, 5.41) is 12.4. The van der Waals surface area contributed by atoms with E-state index in [1.165, 1.54) is 39.9 Å². The zero-order chi connectivity index (χ0) is 82.3. The monoisotopic (exact) mass is 1590 g/mol. The number of methoxy groups -OCH3 is 6. The lowest BCUT2D eigenvalue weighted by Crippen LogP contribution is -2.51. The molecule has 4 aromatic heterocycles. The Kier molecular flexibility index (Phi) is 31.5. The van der Waals surface area contributed by atoms with E-state index in [-0.39, 0.29) is 47.9 Å². The number of benzene rings is 4. The minimum Gasteiger partial charge on any atom is -0.491 e. The molecule has 0 radical (unpaired) electrons. The third-order valence-corrected chi connectivity index (χ3v) is 20.7. The van der Waals surface area contributed by atoms with E-state index in [1.54, 1.807) is 55.5 Å². The predicted octanol–water partition coefficient (Wildman–Crippen LogP) is 13.8. The summed E-state index contributed by atoms with van der Waals surface area (Å²) in [4.78, 5) is 103. The molecule has 12 rings (SSSR count). The van der Waals surface area contributed by atoms with Gasteiger partial charge in [0.2, 0.25) is 11.8 Å². The van der Waals surface area contributed by atoms with Crippen LogP contribution in [0.25, 0.3) is 67.3 Å². The van der Waals surface area contributed by atoms with Gasteiger partial charge in [0, 0.05) is 106 Å². The van der Waals surface area contributed by atoms with Crippen LogP contribution in [-0.4, -0.2) is 230 Å². The number of alkyl carbamates (subject to hydrolysis) is 2. The molecule has 0 unspecified atom stereocenters. The Morgan fingerprint density at radius 1 is 0.426 bits per heavy atom. The van der Waals surface area contributed by atoms with Gasteiger partial charge in [-0.15, -0.1) is 0 Å². The molecule has 8 aromatic rings. The summed E-state index contributed by atoms with van der Waals surface area (Å²) in [5.41, 5.74) is 9.65. The Morgan fingerprint density at radius 2 is 0.722 bits per heavy atom. The lowest BCUT2D eigenvalue weighted by molar-refractivity contribution is -0.136. The maximum absolute atomic E-state index is 13.8. The first-order valence-corrected chi connectivity index (χ1v) is 39.6. The van der Waals surface area contributed by atoms with Crippen molar-refractivity contribution < 1.29 is 81.2 Å². The van der Waals surface area contributed by atoms with E-state index in [2.05, 4.69) is 48.8 Å². The maximum atomic E-state index is 13.8. The van der Waals surface area contributed by atoms with E-state index in [0.717, 1.165) is 130 Å². The Hall–Kier alpha value is -10.5. The standard InChI is InChI=1S/C46H62N8O10.C38H49N5O6.CH4O/c1-27(2)39(51-45(57)61-7)43(55)53-17-9-11-35(53)41-47-25-33(49-41)29-13-15-31(37(23-29)63-21-19-59-5)32-16-14-30(24-38(32)64-22-20-60-6)34-26-48-42(50-34)36-12-10-18-54(36)44(56)40(28(3)4)52-46(58)62-8;1-38(2,3)49-37(44)43-16-8-11-32(43)36-40-24-31(42-36)27-13-15-29(34(22-27)48-20-18-46-5)28-14-12-26(21-33(28)47-19-17-45-4)30-23-39-35(41-30)25-9-6-7-10-25;1-2/h13-16,23-28,35-36,39-40H,9-12,17-22H2,1-8H3,(H,47,49)(H,48,50)(H,51,57)(H,52,58);12-15,21-25,32H,6-11,16-20H2,1-5H3,(H,39,41)(H,40,42);2H,1H3/t35-,36-,39-,40-;32-;/m00./s1. The topological polar surface area (TPSA) is 356 Å². The SMILES string of the molecule is CO.COCCOc1cc(-c2cnc(C3CCCC3)[nH]2)ccc1-c1ccc(-c2cnc([C@@H]3CCCN3C(=O)OC(C)(C)C)[nH]2)cc1OCCOC.COCCOc1cc(-c2cnc([C@@H]3CCCN3C(=O)[C@@H](NC(=O)OC)C(C)C)[nH]2)ccc1-c1ccc(-c2cnc([C@@H]3CCCN3C(=O)[C@@H](NC(=O)OC)C(C)C)[nH]2)cc1OCCOC. The zero-order valence-electron chi connectivity index (χ0n) is 68.8. The van der Waals surface area contributed by atoms with Gasteiger partial charge in [0.1, 0.15) is 90.4 Å². The highest BCUT2D eigenvalue weighted by molar-refractivity contribution is 5.88. The molecule has 0 spiro atoms. The van der Waals surface area contributed by atoms with Crippen LogP contribution in [0, 0.1) is 11.8 Å². The van der Waals surface area contributed by atoms with Crippen LogP contribution in [0.1, 0.15) is 160 Å². The van der Waals surface area contributed by atoms with Crippen LogP contribution >= 0.6 is 0 Å². The summed E-state index contributed by atoms with van der Waals surface area (Å²) in [6.07, 6.45) is 15.3. The molecule has 3 aliphatic heterocycles. The second-order valence-electron chi connectivity index (χ2n) is 30.3. The quantitative estimate of drug-likeness (QED) is 0.0152. The molecule has 4 fully saturated rings. The van der Waals surface area contributed by atoms with Gasteiger partial charge in [-0.05, 0) is 133 Å². The second kappa shape index (κ2) is 41.7. The first kappa shape index (κ1) is 86.9. The van der Waals surface area contributed by atoms with Gasteiger partial charge in [-0.25, -0.2) is 34.3 Å². The first-order chi connectivity index (χ1) is 55.6. The molecule has 115 heavy (non-hydrogen) atoms. The number of aliphatic hydroxyl groups excluding tert-OH is 1. The number of likely N-dealkylation sites (tertiary alicyclic amines) is 3. The molecule has 7 N–H and O–H groups in total. The van der Waals surface area contributed by atoms with Crippen molar-refractivity contribution in [1.29, 1.82) is 0 Å². The molecule has 30 nitrogen and oxygen atoms in total.